The topological polar surface area (TPSA) is 93.9 Å². The molecule has 5 rings (SSSR count). The Hall–Kier alpha value is -4.54. The van der Waals surface area contributed by atoms with E-state index in [1.807, 2.05) is 6.07 Å². The molecule has 0 spiro atoms. The minimum Gasteiger partial charge on any atom is -0.496 e. The maximum absolute atomic E-state index is 14.5. The molecule has 3 heterocycles. The molecular weight excluding hydrogens is 515 g/mol. The summed E-state index contributed by atoms with van der Waals surface area (Å²) in [5, 5.41) is 10.4. The number of methoxy groups -OCH3 is 2. The van der Waals surface area contributed by atoms with Crippen molar-refractivity contribution in [2.75, 3.05) is 20.8 Å². The van der Waals surface area contributed by atoms with E-state index in [1.165, 1.54) is 26.4 Å². The molecule has 0 saturated carbocycles. The van der Waals surface area contributed by atoms with E-state index in [1.54, 1.807) is 21.7 Å². The molecule has 0 bridgehead atoms. The lowest BCUT2D eigenvalue weighted by molar-refractivity contribution is -0.131. The predicted octanol–water partition coefficient (Wildman–Crippen LogP) is 4.34. The first-order valence-electron chi connectivity index (χ1n) is 12.1. The Morgan fingerprint density at radius 3 is 2.38 bits per heavy atom. The third-order valence-corrected chi connectivity index (χ3v) is 6.92. The second-order valence-electron chi connectivity index (χ2n) is 9.17. The van der Waals surface area contributed by atoms with Gasteiger partial charge in [0.2, 0.25) is 5.91 Å². The third-order valence-electron chi connectivity index (χ3n) is 6.92. The van der Waals surface area contributed by atoms with Gasteiger partial charge in [0, 0.05) is 35.5 Å². The van der Waals surface area contributed by atoms with Crippen LogP contribution in [0.4, 0.5) is 13.2 Å². The van der Waals surface area contributed by atoms with E-state index in [0.717, 1.165) is 22.7 Å². The number of benzene rings is 2. The van der Waals surface area contributed by atoms with E-state index < -0.39 is 23.4 Å². The molecule has 0 fully saturated rings. The Balaban J connectivity index is 1.47. The molecule has 0 radical (unpaired) electrons. The summed E-state index contributed by atoms with van der Waals surface area (Å²) in [5.41, 5.74) is 2.57. The van der Waals surface area contributed by atoms with E-state index in [9.17, 15) is 27.9 Å². The van der Waals surface area contributed by atoms with Crippen LogP contribution in [0.5, 0.6) is 11.5 Å². The third kappa shape index (κ3) is 4.75. The second kappa shape index (κ2) is 10.3. The summed E-state index contributed by atoms with van der Waals surface area (Å²) >= 11 is 0. The smallest absolute Gasteiger partial charge is 0.343 e. The number of rotatable bonds is 7. The minimum atomic E-state index is -1.27. The Bertz CT molecular complexity index is 1590. The zero-order valence-electron chi connectivity index (χ0n) is 21.1. The van der Waals surface area contributed by atoms with Crippen LogP contribution in [-0.2, 0) is 30.7 Å². The van der Waals surface area contributed by atoms with E-state index in [2.05, 4.69) is 4.98 Å². The summed E-state index contributed by atoms with van der Waals surface area (Å²) in [4.78, 5) is 31.1. The quantitative estimate of drug-likeness (QED) is 0.351. The van der Waals surface area contributed by atoms with Crippen LogP contribution in [0.2, 0.25) is 0 Å². The van der Waals surface area contributed by atoms with Gasteiger partial charge in [0.1, 0.15) is 28.5 Å². The highest BCUT2D eigenvalue weighted by atomic mass is 19.2. The number of hydrogen-bond donors (Lipinski definition) is 1. The van der Waals surface area contributed by atoms with Gasteiger partial charge < -0.3 is 24.0 Å². The van der Waals surface area contributed by atoms with Crippen LogP contribution in [0, 0.1) is 17.5 Å². The zero-order chi connectivity index (χ0) is 27.8. The second-order valence-corrected chi connectivity index (χ2v) is 9.17. The molecule has 1 aliphatic heterocycles. The summed E-state index contributed by atoms with van der Waals surface area (Å²) in [6, 6.07) is 8.00. The highest BCUT2D eigenvalue weighted by Crippen LogP contribution is 2.33. The molecule has 0 atom stereocenters. The van der Waals surface area contributed by atoms with Crippen LogP contribution in [0.15, 0.2) is 42.6 Å². The van der Waals surface area contributed by atoms with Crippen LogP contribution in [0.25, 0.3) is 11.0 Å². The predicted molar refractivity (Wildman–Crippen MR) is 134 cm³/mol. The number of carboxylic acid groups (broad SMARTS) is 1. The standard InChI is InChI=1S/C28H24F3N3O5/c1-38-23-8-15(9-24(39-2)26(23)28(36)37)10-25(35)33-7-5-17-18-4-3-6-32-27(18)34(22(17)14-33)13-16-11-20(30)21(31)12-19(16)29/h3-4,6,8-9,11-12H,5,7,10,13-14H2,1-2H3,(H,36,37). The Morgan fingerprint density at radius 2 is 1.72 bits per heavy atom. The van der Waals surface area contributed by atoms with Gasteiger partial charge in [0.15, 0.2) is 11.6 Å². The Morgan fingerprint density at radius 1 is 1.03 bits per heavy atom. The highest BCUT2D eigenvalue weighted by molar-refractivity contribution is 5.94. The van der Waals surface area contributed by atoms with E-state index in [-0.39, 0.29) is 48.0 Å². The largest absolute Gasteiger partial charge is 0.496 e. The van der Waals surface area contributed by atoms with Crippen molar-refractivity contribution in [3.05, 3.63) is 88.0 Å². The average molecular weight is 540 g/mol. The van der Waals surface area contributed by atoms with Crippen molar-refractivity contribution in [3.63, 3.8) is 0 Å². The molecule has 1 amide bonds. The number of carbonyl (C=O) groups is 2. The van der Waals surface area contributed by atoms with Crippen LogP contribution in [-0.4, -0.2) is 52.2 Å². The highest BCUT2D eigenvalue weighted by Gasteiger charge is 2.28. The van der Waals surface area contributed by atoms with E-state index in [4.69, 9.17) is 9.47 Å². The molecule has 202 valence electrons. The SMILES string of the molecule is COc1cc(CC(=O)N2CCc3c(n(Cc4cc(F)c(F)cc4F)c4ncccc34)C2)cc(OC)c1C(=O)O. The Labute approximate surface area is 221 Å². The fraction of sp³-hybridized carbons (Fsp3) is 0.250. The number of fused-ring (bicyclic) bond motifs is 3. The monoisotopic (exact) mass is 539 g/mol. The maximum Gasteiger partial charge on any atom is 0.343 e. The summed E-state index contributed by atoms with van der Waals surface area (Å²) in [5.74, 6) is -4.59. The van der Waals surface area contributed by atoms with E-state index >= 15 is 0 Å². The number of aromatic carboxylic acids is 1. The van der Waals surface area contributed by atoms with Crippen molar-refractivity contribution in [1.29, 1.82) is 0 Å². The summed E-state index contributed by atoms with van der Waals surface area (Å²) in [7, 11) is 2.67. The van der Waals surface area contributed by atoms with Crippen molar-refractivity contribution in [2.24, 2.45) is 0 Å². The van der Waals surface area contributed by atoms with Gasteiger partial charge >= 0.3 is 5.97 Å². The Kier molecular flexibility index (Phi) is 6.90. The molecule has 1 N–H and O–H groups in total. The zero-order valence-corrected chi connectivity index (χ0v) is 21.1. The summed E-state index contributed by atoms with van der Waals surface area (Å²) < 4.78 is 54.1. The average Bonchev–Trinajstić information content (AvgIpc) is 3.23. The fourth-order valence-electron chi connectivity index (χ4n) is 5.06. The number of amides is 1. The number of pyridine rings is 1. The van der Waals surface area contributed by atoms with Gasteiger partial charge in [-0.3, -0.25) is 4.79 Å². The van der Waals surface area contributed by atoms with Gasteiger partial charge in [-0.15, -0.1) is 0 Å². The first-order valence-corrected chi connectivity index (χ1v) is 12.1. The molecule has 0 saturated heterocycles. The lowest BCUT2D eigenvalue weighted by Crippen LogP contribution is -2.37. The van der Waals surface area contributed by atoms with Crippen molar-refractivity contribution in [2.45, 2.75) is 25.9 Å². The molecule has 2 aromatic carbocycles. The molecule has 0 aliphatic carbocycles. The van der Waals surface area contributed by atoms with Gasteiger partial charge in [0.25, 0.3) is 0 Å². The van der Waals surface area contributed by atoms with Crippen LogP contribution in [0.1, 0.15) is 32.7 Å². The number of carbonyl (C=O) groups excluding carboxylic acids is 1. The first kappa shape index (κ1) is 26.1. The molecule has 2 aromatic heterocycles. The summed E-state index contributed by atoms with van der Waals surface area (Å²) in [6.07, 6.45) is 2.07. The van der Waals surface area contributed by atoms with Crippen molar-refractivity contribution >= 4 is 22.9 Å². The number of hydrogen-bond acceptors (Lipinski definition) is 5. The number of aromatic nitrogens is 2. The van der Waals surface area contributed by atoms with Crippen LogP contribution >= 0.6 is 0 Å². The minimum absolute atomic E-state index is 0.0413. The van der Waals surface area contributed by atoms with Crippen LogP contribution in [0.3, 0.4) is 0 Å². The molecule has 8 nitrogen and oxygen atoms in total. The number of carboxylic acids is 1. The number of ether oxygens (including phenoxy) is 2. The number of nitrogens with zero attached hydrogens (tertiary/aromatic N) is 3. The lowest BCUT2D eigenvalue weighted by atomic mass is 10.0. The fourth-order valence-corrected chi connectivity index (χ4v) is 5.06. The molecular formula is C28H24F3N3O5. The molecule has 11 heteroatoms. The van der Waals surface area contributed by atoms with Crippen molar-refractivity contribution < 1.29 is 37.3 Å². The molecule has 39 heavy (non-hydrogen) atoms. The maximum atomic E-state index is 14.5. The van der Waals surface area contributed by atoms with Gasteiger partial charge in [-0.25, -0.2) is 22.9 Å². The first-order chi connectivity index (χ1) is 18.7. The van der Waals surface area contributed by atoms with E-state index in [0.29, 0.717) is 30.2 Å². The normalized spacial score (nSPS) is 12.9. The number of halogens is 3. The van der Waals surface area contributed by atoms with Gasteiger partial charge in [-0.1, -0.05) is 0 Å². The van der Waals surface area contributed by atoms with Gasteiger partial charge in [-0.2, -0.15) is 0 Å². The molecule has 4 aromatic rings. The van der Waals surface area contributed by atoms with Gasteiger partial charge in [-0.05, 0) is 47.9 Å². The molecule has 0 unspecified atom stereocenters. The summed E-state index contributed by atoms with van der Waals surface area (Å²) in [6.45, 7) is 0.511. The lowest BCUT2D eigenvalue weighted by Gasteiger charge is -2.29. The van der Waals surface area contributed by atoms with Gasteiger partial charge in [0.05, 0.1) is 33.7 Å². The van der Waals surface area contributed by atoms with Crippen LogP contribution < -0.4 is 9.47 Å². The molecule has 1 aliphatic rings. The van der Waals surface area contributed by atoms with Crippen molar-refractivity contribution in [1.82, 2.24) is 14.5 Å². The van der Waals surface area contributed by atoms with Crippen molar-refractivity contribution in [3.8, 4) is 11.5 Å².